The number of rotatable bonds is 7. The third kappa shape index (κ3) is 5.34. The van der Waals surface area contributed by atoms with Crippen molar-refractivity contribution in [2.24, 2.45) is 0 Å². The number of hydrogen-bond donors (Lipinski definition) is 0. The van der Waals surface area contributed by atoms with Gasteiger partial charge in [-0.25, -0.2) is 9.48 Å². The largest absolute Gasteiger partial charge is 0.494 e. The van der Waals surface area contributed by atoms with Gasteiger partial charge in [-0.3, -0.25) is 4.79 Å². The Kier molecular flexibility index (Phi) is 6.85. The van der Waals surface area contributed by atoms with E-state index in [1.807, 2.05) is 23.1 Å². The molecule has 2 aromatic rings. The molecule has 1 fully saturated rings. The van der Waals surface area contributed by atoms with Gasteiger partial charge in [0.15, 0.2) is 5.69 Å². The summed E-state index contributed by atoms with van der Waals surface area (Å²) in [5.74, 6) is 0.446. The number of esters is 1. The molecule has 0 N–H and O–H groups in total. The Hall–Kier alpha value is -2.90. The second-order valence-electron chi connectivity index (χ2n) is 7.41. The van der Waals surface area contributed by atoms with Crippen LogP contribution < -0.4 is 4.74 Å². The van der Waals surface area contributed by atoms with Crippen molar-refractivity contribution in [3.8, 4) is 5.75 Å². The molecule has 1 atom stereocenters. The second-order valence-corrected chi connectivity index (χ2v) is 7.41. The van der Waals surface area contributed by atoms with Crippen LogP contribution in [0.4, 0.5) is 0 Å². The summed E-state index contributed by atoms with van der Waals surface area (Å²) in [7, 11) is 1.31. The molecule has 3 rings (SSSR count). The summed E-state index contributed by atoms with van der Waals surface area (Å²) >= 11 is 0. The van der Waals surface area contributed by atoms with Crippen LogP contribution in [-0.2, 0) is 9.53 Å². The van der Waals surface area contributed by atoms with Crippen molar-refractivity contribution < 1.29 is 19.1 Å². The fourth-order valence-electron chi connectivity index (χ4n) is 3.43. The quantitative estimate of drug-likeness (QED) is 0.525. The molecule has 0 radical (unpaired) electrons. The summed E-state index contributed by atoms with van der Waals surface area (Å²) in [5.41, 5.74) is 2.61. The Morgan fingerprint density at radius 1 is 1.24 bits per heavy atom. The molecular weight excluding hydrogens is 372 g/mol. The van der Waals surface area contributed by atoms with Crippen LogP contribution in [-0.4, -0.2) is 58.6 Å². The number of amides is 1. The topological polar surface area (TPSA) is 86.5 Å². The zero-order chi connectivity index (χ0) is 20.8. The molecular formula is C21H28N4O4. The molecule has 1 amide bonds. The molecule has 0 spiro atoms. The van der Waals surface area contributed by atoms with Crippen molar-refractivity contribution in [1.29, 1.82) is 0 Å². The minimum absolute atomic E-state index is 0.0189. The molecule has 0 saturated carbocycles. The first-order valence-electron chi connectivity index (χ1n) is 9.96. The first-order chi connectivity index (χ1) is 14.0. The maximum Gasteiger partial charge on any atom is 0.360 e. The lowest BCUT2D eigenvalue weighted by atomic mass is 10.1. The molecule has 0 unspecified atom stereocenters. The van der Waals surface area contributed by atoms with Gasteiger partial charge >= 0.3 is 5.97 Å². The van der Waals surface area contributed by atoms with Crippen molar-refractivity contribution in [3.05, 3.63) is 41.2 Å². The number of aryl methyl sites for hydroxylation is 2. The van der Waals surface area contributed by atoms with Crippen molar-refractivity contribution in [3.63, 3.8) is 0 Å². The third-order valence-corrected chi connectivity index (χ3v) is 5.31. The van der Waals surface area contributed by atoms with Crippen LogP contribution in [0.2, 0.25) is 0 Å². The molecule has 1 aromatic carbocycles. The number of likely N-dealkylation sites (tertiary alicyclic amines) is 1. The summed E-state index contributed by atoms with van der Waals surface area (Å²) in [6.07, 6.45) is 4.49. The van der Waals surface area contributed by atoms with E-state index in [0.717, 1.165) is 25.1 Å². The van der Waals surface area contributed by atoms with Gasteiger partial charge in [0, 0.05) is 19.5 Å². The maximum atomic E-state index is 12.6. The molecule has 0 bridgehead atoms. The van der Waals surface area contributed by atoms with Crippen LogP contribution in [0.15, 0.2) is 24.4 Å². The first-order valence-corrected chi connectivity index (χ1v) is 9.96. The molecule has 1 aliphatic heterocycles. The van der Waals surface area contributed by atoms with Crippen LogP contribution in [0.25, 0.3) is 0 Å². The van der Waals surface area contributed by atoms with Gasteiger partial charge in [0.05, 0.1) is 26.0 Å². The summed E-state index contributed by atoms with van der Waals surface area (Å²) in [4.78, 5) is 26.0. The minimum atomic E-state index is -0.510. The van der Waals surface area contributed by atoms with Crippen LogP contribution in [0, 0.1) is 13.8 Å². The van der Waals surface area contributed by atoms with Crippen LogP contribution in [0.1, 0.15) is 53.3 Å². The highest BCUT2D eigenvalue weighted by Crippen LogP contribution is 2.22. The molecule has 1 aliphatic rings. The Bertz CT molecular complexity index is 864. The molecule has 0 aliphatic carbocycles. The van der Waals surface area contributed by atoms with E-state index in [9.17, 15) is 9.59 Å². The molecule has 1 saturated heterocycles. The van der Waals surface area contributed by atoms with Crippen LogP contribution >= 0.6 is 0 Å². The number of methoxy groups -OCH3 is 1. The number of piperidine rings is 1. The average Bonchev–Trinajstić information content (AvgIpc) is 3.23. The van der Waals surface area contributed by atoms with E-state index >= 15 is 0 Å². The number of ether oxygens (including phenoxy) is 2. The number of carbonyl (C=O) groups is 2. The van der Waals surface area contributed by atoms with Crippen molar-refractivity contribution in [2.45, 2.75) is 45.6 Å². The highest BCUT2D eigenvalue weighted by Gasteiger charge is 2.26. The normalized spacial score (nSPS) is 16.5. The van der Waals surface area contributed by atoms with Gasteiger partial charge in [-0.15, -0.1) is 5.10 Å². The Balaban J connectivity index is 1.46. The highest BCUT2D eigenvalue weighted by atomic mass is 16.5. The number of carbonyl (C=O) groups excluding carboxylic acids is 2. The Labute approximate surface area is 170 Å². The van der Waals surface area contributed by atoms with Gasteiger partial charge in [0.2, 0.25) is 5.91 Å². The number of benzene rings is 1. The molecule has 156 valence electrons. The van der Waals surface area contributed by atoms with E-state index in [2.05, 4.69) is 28.9 Å². The van der Waals surface area contributed by atoms with E-state index < -0.39 is 5.97 Å². The van der Waals surface area contributed by atoms with Crippen LogP contribution in [0.5, 0.6) is 5.75 Å². The fourth-order valence-corrected chi connectivity index (χ4v) is 3.43. The average molecular weight is 400 g/mol. The molecule has 8 nitrogen and oxygen atoms in total. The van der Waals surface area contributed by atoms with Crippen molar-refractivity contribution in [1.82, 2.24) is 19.9 Å². The molecule has 1 aromatic heterocycles. The zero-order valence-corrected chi connectivity index (χ0v) is 17.3. The molecule has 2 heterocycles. The van der Waals surface area contributed by atoms with E-state index in [4.69, 9.17) is 4.74 Å². The number of aromatic nitrogens is 3. The van der Waals surface area contributed by atoms with Gasteiger partial charge in [-0.2, -0.15) is 0 Å². The maximum absolute atomic E-state index is 12.6. The third-order valence-electron chi connectivity index (χ3n) is 5.31. The summed E-state index contributed by atoms with van der Waals surface area (Å²) in [6, 6.07) is 6.04. The lowest BCUT2D eigenvalue weighted by molar-refractivity contribution is -0.133. The number of nitrogens with zero attached hydrogens (tertiary/aromatic N) is 4. The summed E-state index contributed by atoms with van der Waals surface area (Å²) < 4.78 is 12.1. The lowest BCUT2D eigenvalue weighted by Gasteiger charge is -2.32. The van der Waals surface area contributed by atoms with Gasteiger partial charge < -0.3 is 14.4 Å². The van der Waals surface area contributed by atoms with Gasteiger partial charge in [0.1, 0.15) is 5.75 Å². The molecule has 8 heteroatoms. The lowest BCUT2D eigenvalue weighted by Crippen LogP contribution is -2.40. The zero-order valence-electron chi connectivity index (χ0n) is 17.3. The van der Waals surface area contributed by atoms with E-state index in [1.165, 1.54) is 18.2 Å². The fraction of sp³-hybridized carbons (Fsp3) is 0.524. The SMILES string of the molecule is COC(=O)c1cn([C@@H]2CCCN(C(=O)CCCOc3ccc(C)c(C)c3)C2)nn1. The summed E-state index contributed by atoms with van der Waals surface area (Å²) in [6.45, 7) is 5.95. The highest BCUT2D eigenvalue weighted by molar-refractivity contribution is 5.86. The van der Waals surface area contributed by atoms with Crippen molar-refractivity contribution in [2.75, 3.05) is 26.8 Å². The van der Waals surface area contributed by atoms with Gasteiger partial charge in [0.25, 0.3) is 0 Å². The monoisotopic (exact) mass is 400 g/mol. The van der Waals surface area contributed by atoms with E-state index in [-0.39, 0.29) is 17.6 Å². The smallest absolute Gasteiger partial charge is 0.360 e. The van der Waals surface area contributed by atoms with Gasteiger partial charge in [-0.1, -0.05) is 11.3 Å². The summed E-state index contributed by atoms with van der Waals surface area (Å²) in [5, 5.41) is 7.88. The standard InChI is InChI=1S/C21H28N4O4/c1-15-8-9-18(12-16(15)2)29-11-5-7-20(26)24-10-4-6-17(13-24)25-14-19(22-23-25)21(27)28-3/h8-9,12,14,17H,4-7,10-11,13H2,1-3H3/t17-/m1/s1. The predicted octanol–water partition coefficient (Wildman–Crippen LogP) is 2.70. The first kappa shape index (κ1) is 20.8. The van der Waals surface area contributed by atoms with Gasteiger partial charge in [-0.05, 0) is 56.4 Å². The van der Waals surface area contributed by atoms with E-state index in [0.29, 0.717) is 26.0 Å². The Morgan fingerprint density at radius 2 is 2.07 bits per heavy atom. The predicted molar refractivity (Wildman–Crippen MR) is 107 cm³/mol. The van der Waals surface area contributed by atoms with Crippen molar-refractivity contribution >= 4 is 11.9 Å². The number of hydrogen-bond acceptors (Lipinski definition) is 6. The molecule has 29 heavy (non-hydrogen) atoms. The second kappa shape index (κ2) is 9.54. The Morgan fingerprint density at radius 3 is 2.83 bits per heavy atom. The minimum Gasteiger partial charge on any atom is -0.494 e. The van der Waals surface area contributed by atoms with E-state index in [1.54, 1.807) is 10.9 Å². The van der Waals surface area contributed by atoms with Crippen LogP contribution in [0.3, 0.4) is 0 Å².